The van der Waals surface area contributed by atoms with Gasteiger partial charge in [0.05, 0.1) is 17.4 Å². The van der Waals surface area contributed by atoms with E-state index < -0.39 is 5.97 Å². The lowest BCUT2D eigenvalue weighted by molar-refractivity contribution is 0.0693. The van der Waals surface area contributed by atoms with Gasteiger partial charge in [-0.25, -0.2) is 4.79 Å². The molecule has 0 aliphatic carbocycles. The van der Waals surface area contributed by atoms with Crippen molar-refractivity contribution in [3.63, 3.8) is 0 Å². The minimum atomic E-state index is -0.887. The number of carbonyl (C=O) groups is 1. The molecule has 5 nitrogen and oxygen atoms in total. The van der Waals surface area contributed by atoms with E-state index in [0.29, 0.717) is 12.1 Å². The van der Waals surface area contributed by atoms with E-state index in [0.717, 1.165) is 18.8 Å². The molecule has 1 aromatic rings. The molecule has 1 N–H and O–H groups in total. The molecule has 106 valence electrons. The third-order valence-electron chi connectivity index (χ3n) is 3.56. The standard InChI is InChI=1S/C14H23N3O2/c1-14(2,3)17-12(11(9-15-17)13(18)19)10-16-7-5-4-6-8-16/h9H,4-8,10H2,1-3H3,(H,18,19). The van der Waals surface area contributed by atoms with Gasteiger partial charge in [0.25, 0.3) is 0 Å². The Balaban J connectivity index is 2.29. The van der Waals surface area contributed by atoms with Gasteiger partial charge in [-0.15, -0.1) is 0 Å². The molecule has 19 heavy (non-hydrogen) atoms. The highest BCUT2D eigenvalue weighted by atomic mass is 16.4. The maximum Gasteiger partial charge on any atom is 0.339 e. The van der Waals surface area contributed by atoms with Crippen molar-refractivity contribution in [3.8, 4) is 0 Å². The molecule has 5 heteroatoms. The molecule has 0 atom stereocenters. The Kier molecular flexibility index (Phi) is 3.94. The molecule has 0 bridgehead atoms. The summed E-state index contributed by atoms with van der Waals surface area (Å²) in [5, 5.41) is 13.6. The number of piperidine rings is 1. The molecule has 1 fully saturated rings. The van der Waals surface area contributed by atoms with Crippen molar-refractivity contribution in [1.29, 1.82) is 0 Å². The Morgan fingerprint density at radius 1 is 1.32 bits per heavy atom. The molecule has 2 heterocycles. The van der Waals surface area contributed by atoms with Gasteiger partial charge in [0, 0.05) is 6.54 Å². The zero-order valence-corrected chi connectivity index (χ0v) is 12.0. The first-order valence-corrected chi connectivity index (χ1v) is 6.92. The van der Waals surface area contributed by atoms with E-state index in [2.05, 4.69) is 10.00 Å². The number of hydrogen-bond acceptors (Lipinski definition) is 3. The summed E-state index contributed by atoms with van der Waals surface area (Å²) in [5.74, 6) is -0.887. The number of carboxylic acids is 1. The number of rotatable bonds is 3. The van der Waals surface area contributed by atoms with Crippen molar-refractivity contribution in [1.82, 2.24) is 14.7 Å². The smallest absolute Gasteiger partial charge is 0.339 e. The number of nitrogens with zero attached hydrogens (tertiary/aromatic N) is 3. The summed E-state index contributed by atoms with van der Waals surface area (Å²) in [4.78, 5) is 13.7. The predicted molar refractivity (Wildman–Crippen MR) is 73.3 cm³/mol. The number of likely N-dealkylation sites (tertiary alicyclic amines) is 1. The molecule has 2 rings (SSSR count). The Morgan fingerprint density at radius 2 is 1.95 bits per heavy atom. The SMILES string of the molecule is CC(C)(C)n1ncc(C(=O)O)c1CN1CCCCC1. The first kappa shape index (κ1) is 14.1. The van der Waals surface area contributed by atoms with Crippen LogP contribution in [-0.4, -0.2) is 38.8 Å². The Bertz CT molecular complexity index is 454. The molecule has 0 saturated carbocycles. The molecule has 1 aliphatic heterocycles. The van der Waals surface area contributed by atoms with Crippen molar-refractivity contribution in [2.45, 2.75) is 52.1 Å². The number of aromatic carboxylic acids is 1. The zero-order valence-electron chi connectivity index (χ0n) is 12.0. The summed E-state index contributed by atoms with van der Waals surface area (Å²) in [6.07, 6.45) is 5.16. The van der Waals surface area contributed by atoms with Crippen molar-refractivity contribution < 1.29 is 9.90 Å². The van der Waals surface area contributed by atoms with E-state index in [-0.39, 0.29) is 5.54 Å². The number of carboxylic acid groups (broad SMARTS) is 1. The van der Waals surface area contributed by atoms with Crippen LogP contribution in [0.3, 0.4) is 0 Å². The van der Waals surface area contributed by atoms with Gasteiger partial charge in [-0.2, -0.15) is 5.10 Å². The lowest BCUT2D eigenvalue weighted by atomic mass is 10.1. The summed E-state index contributed by atoms with van der Waals surface area (Å²) in [7, 11) is 0. The van der Waals surface area contributed by atoms with Gasteiger partial charge in [0.1, 0.15) is 5.56 Å². The molecule has 0 spiro atoms. The summed E-state index contributed by atoms with van der Waals surface area (Å²) < 4.78 is 1.85. The summed E-state index contributed by atoms with van der Waals surface area (Å²) in [6, 6.07) is 0. The molecular formula is C14H23N3O2. The molecule has 0 aromatic carbocycles. The lowest BCUT2D eigenvalue weighted by Crippen LogP contribution is -2.33. The minimum absolute atomic E-state index is 0.196. The van der Waals surface area contributed by atoms with Gasteiger partial charge in [0.2, 0.25) is 0 Å². The highest BCUT2D eigenvalue weighted by Gasteiger charge is 2.25. The summed E-state index contributed by atoms with van der Waals surface area (Å²) in [5.41, 5.74) is 0.959. The largest absolute Gasteiger partial charge is 0.478 e. The van der Waals surface area contributed by atoms with Crippen LogP contribution in [-0.2, 0) is 12.1 Å². The Labute approximate surface area is 114 Å². The van der Waals surface area contributed by atoms with Gasteiger partial charge >= 0.3 is 5.97 Å². The first-order chi connectivity index (χ1) is 8.89. The highest BCUT2D eigenvalue weighted by molar-refractivity contribution is 5.88. The van der Waals surface area contributed by atoms with Crippen LogP contribution in [0.1, 0.15) is 56.1 Å². The maximum absolute atomic E-state index is 11.3. The molecule has 1 saturated heterocycles. The van der Waals surface area contributed by atoms with Crippen LogP contribution >= 0.6 is 0 Å². The Hall–Kier alpha value is -1.36. The topological polar surface area (TPSA) is 58.4 Å². The van der Waals surface area contributed by atoms with Crippen LogP contribution in [0.2, 0.25) is 0 Å². The van der Waals surface area contributed by atoms with E-state index in [1.165, 1.54) is 25.5 Å². The molecule has 0 amide bonds. The van der Waals surface area contributed by atoms with Crippen LogP contribution in [0, 0.1) is 0 Å². The van der Waals surface area contributed by atoms with Crippen LogP contribution < -0.4 is 0 Å². The van der Waals surface area contributed by atoms with Crippen LogP contribution in [0.4, 0.5) is 0 Å². The first-order valence-electron chi connectivity index (χ1n) is 6.92. The van der Waals surface area contributed by atoms with Crippen molar-refractivity contribution in [2.75, 3.05) is 13.1 Å². The van der Waals surface area contributed by atoms with Crippen molar-refractivity contribution in [2.24, 2.45) is 0 Å². The zero-order chi connectivity index (χ0) is 14.0. The fourth-order valence-electron chi connectivity index (χ4n) is 2.61. The van der Waals surface area contributed by atoms with Gasteiger partial charge in [-0.05, 0) is 46.7 Å². The Morgan fingerprint density at radius 3 is 2.47 bits per heavy atom. The molecule has 1 aromatic heterocycles. The second-order valence-corrected chi connectivity index (χ2v) is 6.23. The number of hydrogen-bond donors (Lipinski definition) is 1. The van der Waals surface area contributed by atoms with Crippen molar-refractivity contribution in [3.05, 3.63) is 17.5 Å². The molecule has 1 aliphatic rings. The fraction of sp³-hybridized carbons (Fsp3) is 0.714. The second-order valence-electron chi connectivity index (χ2n) is 6.23. The average molecular weight is 265 g/mol. The van der Waals surface area contributed by atoms with Crippen LogP contribution in [0.15, 0.2) is 6.20 Å². The van der Waals surface area contributed by atoms with Gasteiger partial charge in [-0.1, -0.05) is 6.42 Å². The third kappa shape index (κ3) is 3.15. The number of aromatic nitrogens is 2. The lowest BCUT2D eigenvalue weighted by Gasteiger charge is -2.29. The quantitative estimate of drug-likeness (QED) is 0.911. The van der Waals surface area contributed by atoms with E-state index >= 15 is 0 Å². The fourth-order valence-corrected chi connectivity index (χ4v) is 2.61. The third-order valence-corrected chi connectivity index (χ3v) is 3.56. The summed E-state index contributed by atoms with van der Waals surface area (Å²) >= 11 is 0. The predicted octanol–water partition coefficient (Wildman–Crippen LogP) is 2.32. The monoisotopic (exact) mass is 265 g/mol. The van der Waals surface area contributed by atoms with Gasteiger partial charge in [-0.3, -0.25) is 9.58 Å². The van der Waals surface area contributed by atoms with E-state index in [4.69, 9.17) is 0 Å². The maximum atomic E-state index is 11.3. The minimum Gasteiger partial charge on any atom is -0.478 e. The highest BCUT2D eigenvalue weighted by Crippen LogP contribution is 2.22. The van der Waals surface area contributed by atoms with Crippen LogP contribution in [0.5, 0.6) is 0 Å². The van der Waals surface area contributed by atoms with E-state index in [1.807, 2.05) is 25.5 Å². The van der Waals surface area contributed by atoms with Crippen LogP contribution in [0.25, 0.3) is 0 Å². The van der Waals surface area contributed by atoms with Gasteiger partial charge < -0.3 is 5.11 Å². The molecule has 0 radical (unpaired) electrons. The van der Waals surface area contributed by atoms with E-state index in [9.17, 15) is 9.90 Å². The second kappa shape index (κ2) is 5.33. The molecule has 0 unspecified atom stereocenters. The van der Waals surface area contributed by atoms with Crippen molar-refractivity contribution >= 4 is 5.97 Å². The van der Waals surface area contributed by atoms with Gasteiger partial charge in [0.15, 0.2) is 0 Å². The normalized spacial score (nSPS) is 17.6. The summed E-state index contributed by atoms with van der Waals surface area (Å²) in [6.45, 7) is 8.92. The average Bonchev–Trinajstić information content (AvgIpc) is 2.74. The molecular weight excluding hydrogens is 242 g/mol. The van der Waals surface area contributed by atoms with E-state index in [1.54, 1.807) is 0 Å².